The number of nitrogens with zero attached hydrogens (tertiary/aromatic N) is 1. The number of nitrogens with one attached hydrogen (secondary N) is 2. The van der Waals surface area contributed by atoms with E-state index in [1.54, 1.807) is 0 Å². The van der Waals surface area contributed by atoms with Gasteiger partial charge in [0.1, 0.15) is 0 Å². The molecule has 0 fully saturated rings. The van der Waals surface area contributed by atoms with Gasteiger partial charge < -0.3 is 0 Å². The molecule has 0 spiro atoms. The van der Waals surface area contributed by atoms with Crippen molar-refractivity contribution in [3.05, 3.63) is 29.8 Å². The van der Waals surface area contributed by atoms with E-state index < -0.39 is 20.0 Å². The Balaban J connectivity index is 2.74. The van der Waals surface area contributed by atoms with Crippen LogP contribution >= 0.6 is 0 Å². The predicted molar refractivity (Wildman–Crippen MR) is 69.2 cm³/mol. The Hall–Kier alpha value is -1.47. The predicted octanol–water partition coefficient (Wildman–Crippen LogP) is -0.614. The summed E-state index contributed by atoms with van der Waals surface area (Å²) in [7, 11) is -5.97. The molecule has 0 aliphatic rings. The summed E-state index contributed by atoms with van der Waals surface area (Å²) < 4.78 is 50.1. The molecule has 0 saturated heterocycles. The first-order valence-electron chi connectivity index (χ1n) is 5.22. The zero-order valence-corrected chi connectivity index (χ0v) is 11.8. The number of rotatable bonds is 6. The molecule has 1 rings (SSSR count). The molecule has 0 saturated carbocycles. The minimum absolute atomic E-state index is 0.0200. The summed E-state index contributed by atoms with van der Waals surface area (Å²) in [6, 6.07) is 7.19. The lowest BCUT2D eigenvalue weighted by atomic mass is 10.2. The van der Waals surface area contributed by atoms with Gasteiger partial charge >= 0.3 is 0 Å². The Morgan fingerprint density at radius 2 is 1.74 bits per heavy atom. The maximum Gasteiger partial charge on any atom is 0.240 e. The van der Waals surface area contributed by atoms with E-state index in [1.807, 2.05) is 6.07 Å². The van der Waals surface area contributed by atoms with Crippen LogP contribution in [0.3, 0.4) is 0 Å². The van der Waals surface area contributed by atoms with Crippen molar-refractivity contribution in [1.82, 2.24) is 9.44 Å². The minimum Gasteiger partial charge on any atom is -0.218 e. The molecule has 1 aromatic carbocycles. The SMILES string of the molecule is CNS(=O)(=O)CCNS(=O)(=O)c1ccc(C#N)cc1. The first kappa shape index (κ1) is 15.6. The van der Waals surface area contributed by atoms with Crippen LogP contribution in [0.4, 0.5) is 0 Å². The third kappa shape index (κ3) is 4.60. The Morgan fingerprint density at radius 3 is 2.21 bits per heavy atom. The molecule has 104 valence electrons. The van der Waals surface area contributed by atoms with E-state index in [4.69, 9.17) is 5.26 Å². The number of nitriles is 1. The van der Waals surface area contributed by atoms with Crippen LogP contribution in [0, 0.1) is 11.3 Å². The second-order valence-electron chi connectivity index (χ2n) is 3.56. The van der Waals surface area contributed by atoms with E-state index in [0.717, 1.165) is 0 Å². The van der Waals surface area contributed by atoms with Crippen LogP contribution in [-0.4, -0.2) is 36.2 Å². The van der Waals surface area contributed by atoms with E-state index in [1.165, 1.54) is 31.3 Å². The smallest absolute Gasteiger partial charge is 0.218 e. The van der Waals surface area contributed by atoms with Crippen molar-refractivity contribution in [3.8, 4) is 6.07 Å². The summed E-state index contributed by atoms with van der Waals surface area (Å²) in [5.41, 5.74) is 0.344. The van der Waals surface area contributed by atoms with Gasteiger partial charge in [0.15, 0.2) is 0 Å². The first-order valence-corrected chi connectivity index (χ1v) is 8.35. The minimum atomic E-state index is -3.77. The molecule has 0 unspecified atom stereocenters. The quantitative estimate of drug-likeness (QED) is 0.727. The van der Waals surface area contributed by atoms with Crippen LogP contribution in [0.25, 0.3) is 0 Å². The fourth-order valence-electron chi connectivity index (χ4n) is 1.20. The van der Waals surface area contributed by atoms with Gasteiger partial charge in [-0.15, -0.1) is 0 Å². The Kier molecular flexibility index (Phi) is 5.02. The Bertz CT molecular complexity index is 672. The van der Waals surface area contributed by atoms with Gasteiger partial charge in [0, 0.05) is 6.54 Å². The summed E-state index contributed by atoms with van der Waals surface area (Å²) in [4.78, 5) is -0.0200. The van der Waals surface area contributed by atoms with Gasteiger partial charge in [-0.2, -0.15) is 5.26 Å². The lowest BCUT2D eigenvalue weighted by molar-refractivity contribution is 0.578. The molecule has 0 atom stereocenters. The normalized spacial score (nSPS) is 12.0. The largest absolute Gasteiger partial charge is 0.240 e. The fourth-order valence-corrected chi connectivity index (χ4v) is 2.94. The number of benzene rings is 1. The maximum absolute atomic E-state index is 11.8. The van der Waals surface area contributed by atoms with Crippen molar-refractivity contribution in [1.29, 1.82) is 5.26 Å². The Morgan fingerprint density at radius 1 is 1.16 bits per heavy atom. The standard InChI is InChI=1S/C10H13N3O4S2/c1-12-18(14,15)7-6-13-19(16,17)10-4-2-9(8-11)3-5-10/h2-5,12-13H,6-7H2,1H3. The van der Waals surface area contributed by atoms with Crippen LogP contribution in [0.15, 0.2) is 29.2 Å². The van der Waals surface area contributed by atoms with Gasteiger partial charge in [-0.05, 0) is 31.3 Å². The van der Waals surface area contributed by atoms with Crippen LogP contribution < -0.4 is 9.44 Å². The van der Waals surface area contributed by atoms with Crippen molar-refractivity contribution < 1.29 is 16.8 Å². The van der Waals surface area contributed by atoms with Crippen LogP contribution in [0.1, 0.15) is 5.56 Å². The molecule has 0 heterocycles. The third-order valence-electron chi connectivity index (χ3n) is 2.27. The first-order chi connectivity index (χ1) is 8.80. The van der Waals surface area contributed by atoms with E-state index in [0.29, 0.717) is 5.56 Å². The molecular weight excluding hydrogens is 290 g/mol. The lowest BCUT2D eigenvalue weighted by Gasteiger charge is -2.06. The third-order valence-corrected chi connectivity index (χ3v) is 5.11. The van der Waals surface area contributed by atoms with E-state index in [-0.39, 0.29) is 17.2 Å². The number of hydrogen-bond acceptors (Lipinski definition) is 5. The van der Waals surface area contributed by atoms with Crippen molar-refractivity contribution in [2.24, 2.45) is 0 Å². The van der Waals surface area contributed by atoms with Gasteiger partial charge in [0.05, 0.1) is 22.3 Å². The summed E-state index contributed by atoms with van der Waals surface area (Å²) in [5.74, 6) is -0.348. The molecule has 9 heteroatoms. The van der Waals surface area contributed by atoms with Crippen LogP contribution in [0.5, 0.6) is 0 Å². The van der Waals surface area contributed by atoms with Crippen molar-refractivity contribution >= 4 is 20.0 Å². The van der Waals surface area contributed by atoms with Crippen LogP contribution in [-0.2, 0) is 20.0 Å². The van der Waals surface area contributed by atoms with Gasteiger partial charge in [-0.3, -0.25) is 0 Å². The highest BCUT2D eigenvalue weighted by Gasteiger charge is 2.15. The lowest BCUT2D eigenvalue weighted by Crippen LogP contribution is -2.32. The van der Waals surface area contributed by atoms with Crippen LogP contribution in [0.2, 0.25) is 0 Å². The second-order valence-corrected chi connectivity index (χ2v) is 7.37. The van der Waals surface area contributed by atoms with Crippen molar-refractivity contribution in [2.75, 3.05) is 19.3 Å². The molecule has 19 heavy (non-hydrogen) atoms. The molecule has 0 amide bonds. The van der Waals surface area contributed by atoms with Crippen molar-refractivity contribution in [3.63, 3.8) is 0 Å². The molecule has 0 bridgehead atoms. The zero-order valence-electron chi connectivity index (χ0n) is 10.1. The number of hydrogen-bond donors (Lipinski definition) is 2. The maximum atomic E-state index is 11.8. The zero-order chi connectivity index (χ0) is 14.5. The summed E-state index contributed by atoms with van der Waals surface area (Å²) >= 11 is 0. The van der Waals surface area contributed by atoms with Gasteiger partial charge in [-0.1, -0.05) is 0 Å². The van der Waals surface area contributed by atoms with Gasteiger partial charge in [0.2, 0.25) is 20.0 Å². The fraction of sp³-hybridized carbons (Fsp3) is 0.300. The molecular formula is C10H13N3O4S2. The molecule has 2 N–H and O–H groups in total. The molecule has 0 aromatic heterocycles. The highest BCUT2D eigenvalue weighted by atomic mass is 32.2. The Labute approximate surface area is 112 Å². The molecule has 1 aromatic rings. The highest BCUT2D eigenvalue weighted by Crippen LogP contribution is 2.09. The highest BCUT2D eigenvalue weighted by molar-refractivity contribution is 7.90. The van der Waals surface area contributed by atoms with E-state index in [9.17, 15) is 16.8 Å². The molecule has 0 radical (unpaired) electrons. The molecule has 7 nitrogen and oxygen atoms in total. The number of sulfonamides is 2. The van der Waals surface area contributed by atoms with Crippen molar-refractivity contribution in [2.45, 2.75) is 4.90 Å². The second kappa shape index (κ2) is 6.12. The molecule has 0 aliphatic carbocycles. The average molecular weight is 303 g/mol. The average Bonchev–Trinajstić information content (AvgIpc) is 2.38. The summed E-state index contributed by atoms with van der Waals surface area (Å²) in [6.45, 7) is -0.231. The van der Waals surface area contributed by atoms with E-state index >= 15 is 0 Å². The molecule has 0 aliphatic heterocycles. The van der Waals surface area contributed by atoms with E-state index in [2.05, 4.69) is 9.44 Å². The summed E-state index contributed by atoms with van der Waals surface area (Å²) in [5, 5.41) is 8.60. The van der Waals surface area contributed by atoms with Gasteiger partial charge in [-0.25, -0.2) is 26.3 Å². The topological polar surface area (TPSA) is 116 Å². The van der Waals surface area contributed by atoms with Gasteiger partial charge in [0.25, 0.3) is 0 Å². The monoisotopic (exact) mass is 303 g/mol. The summed E-state index contributed by atoms with van der Waals surface area (Å²) in [6.07, 6.45) is 0.